The first kappa shape index (κ1) is 17.9. The van der Waals surface area contributed by atoms with Gasteiger partial charge in [-0.15, -0.1) is 11.8 Å². The van der Waals surface area contributed by atoms with Crippen molar-refractivity contribution in [1.82, 2.24) is 15.3 Å². The van der Waals surface area contributed by atoms with E-state index in [2.05, 4.69) is 15.3 Å². The summed E-state index contributed by atoms with van der Waals surface area (Å²) < 4.78 is 0. The van der Waals surface area contributed by atoms with Gasteiger partial charge in [-0.1, -0.05) is 12.1 Å². The van der Waals surface area contributed by atoms with E-state index < -0.39 is 4.92 Å². The predicted molar refractivity (Wildman–Crippen MR) is 101 cm³/mol. The first-order valence-electron chi connectivity index (χ1n) is 8.10. The number of nitro groups is 1. The van der Waals surface area contributed by atoms with Crippen molar-refractivity contribution < 1.29 is 9.72 Å². The molecule has 0 unspecified atom stereocenters. The fourth-order valence-electron chi connectivity index (χ4n) is 2.48. The molecule has 2 atom stereocenters. The Hall–Kier alpha value is -2.87. The van der Waals surface area contributed by atoms with Gasteiger partial charge in [-0.2, -0.15) is 0 Å². The number of aromatic amines is 1. The van der Waals surface area contributed by atoms with Crippen LogP contribution in [0.1, 0.15) is 25.7 Å². The zero-order valence-corrected chi connectivity index (χ0v) is 15.1. The van der Waals surface area contributed by atoms with Crippen LogP contribution < -0.4 is 5.32 Å². The minimum atomic E-state index is -0.445. The lowest BCUT2D eigenvalue weighted by Gasteiger charge is -2.16. The summed E-state index contributed by atoms with van der Waals surface area (Å²) >= 11 is 1.35. The highest BCUT2D eigenvalue weighted by Gasteiger charge is 2.19. The molecule has 26 heavy (non-hydrogen) atoms. The number of nitrogens with zero attached hydrogens (tertiary/aromatic N) is 2. The maximum atomic E-state index is 12.4. The van der Waals surface area contributed by atoms with E-state index in [1.54, 1.807) is 19.1 Å². The third kappa shape index (κ3) is 4.02. The van der Waals surface area contributed by atoms with Crippen molar-refractivity contribution in [3.05, 3.63) is 64.5 Å². The van der Waals surface area contributed by atoms with E-state index in [1.165, 1.54) is 23.9 Å². The summed E-state index contributed by atoms with van der Waals surface area (Å²) in [6, 6.07) is 13.6. The van der Waals surface area contributed by atoms with Gasteiger partial charge in [-0.25, -0.2) is 4.98 Å². The monoisotopic (exact) mass is 370 g/mol. The van der Waals surface area contributed by atoms with E-state index in [4.69, 9.17) is 0 Å². The second-order valence-electron chi connectivity index (χ2n) is 5.88. The van der Waals surface area contributed by atoms with Gasteiger partial charge in [-0.05, 0) is 38.1 Å². The average Bonchev–Trinajstić information content (AvgIpc) is 3.06. The number of benzene rings is 2. The number of non-ortho nitro benzene ring substituents is 1. The topological polar surface area (TPSA) is 101 Å². The molecule has 0 aliphatic heterocycles. The van der Waals surface area contributed by atoms with E-state index in [1.807, 2.05) is 31.2 Å². The standard InChI is InChI=1S/C18H18N4O3S/c1-11(17-20-15-5-3-4-6-16(15)21-17)19-18(23)12(2)26-14-9-7-13(8-10-14)22(24)25/h3-12H,1-2H3,(H,19,23)(H,20,21)/t11-,12-/m1/s1. The van der Waals surface area contributed by atoms with Gasteiger partial charge in [0.2, 0.25) is 5.91 Å². The minimum Gasteiger partial charge on any atom is -0.345 e. The number of carbonyl (C=O) groups excluding carboxylic acids is 1. The van der Waals surface area contributed by atoms with Crippen LogP contribution in [0.25, 0.3) is 11.0 Å². The third-order valence-electron chi connectivity index (χ3n) is 3.91. The number of aromatic nitrogens is 2. The van der Waals surface area contributed by atoms with Gasteiger partial charge >= 0.3 is 0 Å². The smallest absolute Gasteiger partial charge is 0.269 e. The molecule has 2 N–H and O–H groups in total. The summed E-state index contributed by atoms with van der Waals surface area (Å²) in [5.41, 5.74) is 1.82. The Morgan fingerprint density at radius 3 is 2.54 bits per heavy atom. The molecule has 1 aromatic heterocycles. The Morgan fingerprint density at radius 1 is 1.19 bits per heavy atom. The molecule has 0 spiro atoms. The van der Waals surface area contributed by atoms with Crippen LogP contribution >= 0.6 is 11.8 Å². The van der Waals surface area contributed by atoms with Crippen LogP contribution in [0.4, 0.5) is 5.69 Å². The SMILES string of the molecule is C[C@@H](Sc1ccc([N+](=O)[O-])cc1)C(=O)N[C@H](C)c1nc2ccccc2[nH]1. The van der Waals surface area contributed by atoms with E-state index in [0.717, 1.165) is 15.9 Å². The third-order valence-corrected chi connectivity index (χ3v) is 5.02. The Balaban J connectivity index is 1.61. The number of thioether (sulfide) groups is 1. The number of imidazole rings is 1. The van der Waals surface area contributed by atoms with Crippen LogP contribution in [0, 0.1) is 10.1 Å². The largest absolute Gasteiger partial charge is 0.345 e. The Kier molecular flexibility index (Phi) is 5.22. The first-order chi connectivity index (χ1) is 12.4. The molecule has 1 amide bonds. The summed E-state index contributed by atoms with van der Waals surface area (Å²) in [5, 5.41) is 13.3. The highest BCUT2D eigenvalue weighted by molar-refractivity contribution is 8.00. The molecule has 134 valence electrons. The number of rotatable bonds is 6. The lowest BCUT2D eigenvalue weighted by Crippen LogP contribution is -2.33. The summed E-state index contributed by atoms with van der Waals surface area (Å²) in [7, 11) is 0. The summed E-state index contributed by atoms with van der Waals surface area (Å²) in [6.45, 7) is 3.67. The quantitative estimate of drug-likeness (QED) is 0.390. The van der Waals surface area contributed by atoms with E-state index >= 15 is 0 Å². The highest BCUT2D eigenvalue weighted by Crippen LogP contribution is 2.26. The molecule has 8 heteroatoms. The number of para-hydroxylation sites is 2. The van der Waals surface area contributed by atoms with E-state index in [-0.39, 0.29) is 22.9 Å². The van der Waals surface area contributed by atoms with Gasteiger partial charge in [0.1, 0.15) is 5.82 Å². The van der Waals surface area contributed by atoms with Gasteiger partial charge in [-0.3, -0.25) is 14.9 Å². The van der Waals surface area contributed by atoms with Gasteiger partial charge < -0.3 is 10.3 Å². The van der Waals surface area contributed by atoms with Crippen molar-refractivity contribution >= 4 is 34.4 Å². The van der Waals surface area contributed by atoms with Crippen LogP contribution in [0.2, 0.25) is 0 Å². The molecule has 0 fully saturated rings. The second kappa shape index (κ2) is 7.57. The van der Waals surface area contributed by atoms with Gasteiger partial charge in [0.25, 0.3) is 5.69 Å². The number of carbonyl (C=O) groups is 1. The Morgan fingerprint density at radius 2 is 1.88 bits per heavy atom. The fraction of sp³-hybridized carbons (Fsp3) is 0.222. The fourth-order valence-corrected chi connectivity index (χ4v) is 3.36. The molecule has 3 aromatic rings. The van der Waals surface area contributed by atoms with Gasteiger partial charge in [0, 0.05) is 17.0 Å². The van der Waals surface area contributed by atoms with Crippen molar-refractivity contribution in [3.63, 3.8) is 0 Å². The summed E-state index contributed by atoms with van der Waals surface area (Å²) in [4.78, 5) is 31.2. The number of nitro benzene ring substituents is 1. The van der Waals surface area contributed by atoms with E-state index in [0.29, 0.717) is 5.82 Å². The van der Waals surface area contributed by atoms with Crippen LogP contribution in [0.5, 0.6) is 0 Å². The molecule has 2 aromatic carbocycles. The van der Waals surface area contributed by atoms with Crippen LogP contribution in [-0.2, 0) is 4.79 Å². The maximum Gasteiger partial charge on any atom is 0.269 e. The van der Waals surface area contributed by atoms with Gasteiger partial charge in [0.15, 0.2) is 0 Å². The molecule has 3 rings (SSSR count). The van der Waals surface area contributed by atoms with Crippen molar-refractivity contribution in [2.75, 3.05) is 0 Å². The average molecular weight is 370 g/mol. The normalized spacial score (nSPS) is 13.3. The number of amides is 1. The molecule has 7 nitrogen and oxygen atoms in total. The molecular weight excluding hydrogens is 352 g/mol. The molecular formula is C18H18N4O3S. The van der Waals surface area contributed by atoms with Crippen LogP contribution in [0.15, 0.2) is 53.4 Å². The minimum absolute atomic E-state index is 0.0324. The Bertz CT molecular complexity index is 906. The molecule has 0 aliphatic carbocycles. The zero-order valence-electron chi connectivity index (χ0n) is 14.3. The maximum absolute atomic E-state index is 12.4. The lowest BCUT2D eigenvalue weighted by molar-refractivity contribution is -0.384. The first-order valence-corrected chi connectivity index (χ1v) is 8.98. The summed E-state index contributed by atoms with van der Waals surface area (Å²) in [5.74, 6) is 0.577. The molecule has 1 heterocycles. The number of fused-ring (bicyclic) bond motifs is 1. The molecule has 0 saturated heterocycles. The molecule has 0 bridgehead atoms. The van der Waals surface area contributed by atoms with Crippen molar-refractivity contribution in [3.8, 4) is 0 Å². The molecule has 0 aliphatic rings. The number of nitrogens with one attached hydrogen (secondary N) is 2. The summed E-state index contributed by atoms with van der Waals surface area (Å²) in [6.07, 6.45) is 0. The Labute approximate surface area is 154 Å². The van der Waals surface area contributed by atoms with Crippen molar-refractivity contribution in [2.24, 2.45) is 0 Å². The number of hydrogen-bond donors (Lipinski definition) is 2. The lowest BCUT2D eigenvalue weighted by atomic mass is 10.3. The number of hydrogen-bond acceptors (Lipinski definition) is 5. The molecule has 0 saturated carbocycles. The van der Waals surface area contributed by atoms with Crippen molar-refractivity contribution in [2.45, 2.75) is 30.0 Å². The second-order valence-corrected chi connectivity index (χ2v) is 7.29. The van der Waals surface area contributed by atoms with Crippen LogP contribution in [-0.4, -0.2) is 26.0 Å². The zero-order chi connectivity index (χ0) is 18.7. The van der Waals surface area contributed by atoms with E-state index in [9.17, 15) is 14.9 Å². The van der Waals surface area contributed by atoms with Crippen molar-refractivity contribution in [1.29, 1.82) is 0 Å². The predicted octanol–water partition coefficient (Wildman–Crippen LogP) is 3.83. The van der Waals surface area contributed by atoms with Gasteiger partial charge in [0.05, 0.1) is 27.2 Å². The van der Waals surface area contributed by atoms with Crippen LogP contribution in [0.3, 0.4) is 0 Å². The number of H-pyrrole nitrogens is 1. The highest BCUT2D eigenvalue weighted by atomic mass is 32.2. The molecule has 0 radical (unpaired) electrons.